The molecule has 0 unspecified atom stereocenters. The summed E-state index contributed by atoms with van der Waals surface area (Å²) in [5.74, 6) is 1.69. The van der Waals surface area contributed by atoms with Crippen LogP contribution in [0.2, 0.25) is 0 Å². The van der Waals surface area contributed by atoms with Gasteiger partial charge < -0.3 is 13.9 Å². The number of benzene rings is 1. The van der Waals surface area contributed by atoms with Crippen molar-refractivity contribution in [1.82, 2.24) is 14.5 Å². The summed E-state index contributed by atoms with van der Waals surface area (Å²) >= 11 is 0. The number of rotatable bonds is 5. The maximum Gasteiger partial charge on any atom is 0.243 e. The Morgan fingerprint density at radius 2 is 1.60 bits per heavy atom. The normalized spacial score (nSPS) is 18.7. The molecule has 0 bridgehead atoms. The Morgan fingerprint density at radius 3 is 2.23 bits per heavy atom. The van der Waals surface area contributed by atoms with Crippen molar-refractivity contribution in [3.8, 4) is 11.6 Å². The van der Waals surface area contributed by atoms with Gasteiger partial charge in [-0.1, -0.05) is 50.7 Å². The number of para-hydroxylation sites is 2. The molecule has 0 aliphatic heterocycles. The zero-order valence-electron chi connectivity index (χ0n) is 17.6. The average Bonchev–Trinajstić information content (AvgIpc) is 3.44. The molecule has 5 nitrogen and oxygen atoms in total. The summed E-state index contributed by atoms with van der Waals surface area (Å²) in [5.41, 5.74) is 1.89. The molecule has 2 aliphatic rings. The largest absolute Gasteiger partial charge is 0.461 e. The lowest BCUT2D eigenvalue weighted by atomic mass is 9.88. The second-order valence-corrected chi connectivity index (χ2v) is 8.87. The van der Waals surface area contributed by atoms with Gasteiger partial charge >= 0.3 is 0 Å². The van der Waals surface area contributed by atoms with E-state index in [1.807, 2.05) is 36.4 Å². The third-order valence-corrected chi connectivity index (χ3v) is 6.91. The zero-order chi connectivity index (χ0) is 20.3. The molecule has 30 heavy (non-hydrogen) atoms. The lowest BCUT2D eigenvalue weighted by molar-refractivity contribution is -0.138. The third kappa shape index (κ3) is 3.78. The summed E-state index contributed by atoms with van der Waals surface area (Å²) < 4.78 is 7.71. The smallest absolute Gasteiger partial charge is 0.243 e. The second kappa shape index (κ2) is 8.66. The monoisotopic (exact) mass is 405 g/mol. The van der Waals surface area contributed by atoms with E-state index in [0.717, 1.165) is 42.5 Å². The number of carbonyl (C=O) groups excluding carboxylic acids is 1. The van der Waals surface area contributed by atoms with E-state index in [1.54, 1.807) is 6.26 Å². The van der Waals surface area contributed by atoms with E-state index in [0.29, 0.717) is 24.4 Å². The van der Waals surface area contributed by atoms with Crippen LogP contribution in [0.15, 0.2) is 47.1 Å². The summed E-state index contributed by atoms with van der Waals surface area (Å²) in [6, 6.07) is 12.6. The molecule has 0 radical (unpaired) electrons. The number of fused-ring (bicyclic) bond motifs is 1. The van der Waals surface area contributed by atoms with Crippen molar-refractivity contribution in [2.75, 3.05) is 0 Å². The number of amides is 1. The Morgan fingerprint density at radius 1 is 0.933 bits per heavy atom. The summed E-state index contributed by atoms with van der Waals surface area (Å²) in [5, 5.41) is 0. The minimum absolute atomic E-state index is 0.241. The highest BCUT2D eigenvalue weighted by molar-refractivity contribution is 5.84. The standard InChI is InChI=1S/C25H31N3O2/c29-24(28(19-10-3-1-4-11-19)20-12-5-2-6-13-20)18-27-22-15-8-7-14-21(22)26-25(27)23-16-9-17-30-23/h7-9,14-17,19-20H,1-6,10-13,18H2. The van der Waals surface area contributed by atoms with Gasteiger partial charge in [0.1, 0.15) is 6.54 Å². The number of carbonyl (C=O) groups is 1. The molecule has 2 heterocycles. The van der Waals surface area contributed by atoms with Crippen molar-refractivity contribution in [2.24, 2.45) is 0 Å². The van der Waals surface area contributed by atoms with Gasteiger partial charge in [-0.15, -0.1) is 0 Å². The van der Waals surface area contributed by atoms with Gasteiger partial charge in [-0.3, -0.25) is 4.79 Å². The van der Waals surface area contributed by atoms with E-state index in [1.165, 1.54) is 38.5 Å². The van der Waals surface area contributed by atoms with E-state index in [4.69, 9.17) is 9.40 Å². The fraction of sp³-hybridized carbons (Fsp3) is 0.520. The minimum Gasteiger partial charge on any atom is -0.461 e. The number of imidazole rings is 1. The topological polar surface area (TPSA) is 51.3 Å². The lowest BCUT2D eigenvalue weighted by Crippen LogP contribution is -2.50. The number of aromatic nitrogens is 2. The first-order chi connectivity index (χ1) is 14.8. The van der Waals surface area contributed by atoms with Crippen LogP contribution in [-0.4, -0.2) is 32.4 Å². The summed E-state index contributed by atoms with van der Waals surface area (Å²) in [6.07, 6.45) is 13.8. The van der Waals surface area contributed by atoms with E-state index >= 15 is 0 Å². The molecule has 0 atom stereocenters. The van der Waals surface area contributed by atoms with Crippen LogP contribution in [0.3, 0.4) is 0 Å². The molecule has 2 aromatic heterocycles. The van der Waals surface area contributed by atoms with Crippen molar-refractivity contribution in [1.29, 1.82) is 0 Å². The molecular weight excluding hydrogens is 374 g/mol. The van der Waals surface area contributed by atoms with Crippen molar-refractivity contribution in [2.45, 2.75) is 82.8 Å². The molecule has 5 heteroatoms. The maximum absolute atomic E-state index is 13.8. The van der Waals surface area contributed by atoms with Crippen molar-refractivity contribution in [3.63, 3.8) is 0 Å². The average molecular weight is 406 g/mol. The summed E-state index contributed by atoms with van der Waals surface area (Å²) in [4.78, 5) is 20.9. The molecule has 2 fully saturated rings. The van der Waals surface area contributed by atoms with Gasteiger partial charge in [0.05, 0.1) is 17.3 Å². The molecule has 1 amide bonds. The van der Waals surface area contributed by atoms with Crippen molar-refractivity contribution >= 4 is 16.9 Å². The molecule has 0 N–H and O–H groups in total. The van der Waals surface area contributed by atoms with Gasteiger partial charge in [-0.2, -0.15) is 0 Å². The first kappa shape index (κ1) is 19.4. The highest BCUT2D eigenvalue weighted by Crippen LogP contribution is 2.32. The van der Waals surface area contributed by atoms with Crippen molar-refractivity contribution < 1.29 is 9.21 Å². The maximum atomic E-state index is 13.8. The number of hydrogen-bond acceptors (Lipinski definition) is 3. The molecule has 5 rings (SSSR count). The Balaban J connectivity index is 1.49. The molecule has 0 saturated heterocycles. The van der Waals surface area contributed by atoms with Crippen LogP contribution in [0.4, 0.5) is 0 Å². The highest BCUT2D eigenvalue weighted by Gasteiger charge is 2.33. The van der Waals surface area contributed by atoms with Crippen LogP contribution >= 0.6 is 0 Å². The third-order valence-electron chi connectivity index (χ3n) is 6.91. The molecule has 158 valence electrons. The van der Waals surface area contributed by atoms with E-state index < -0.39 is 0 Å². The molecule has 1 aromatic carbocycles. The quantitative estimate of drug-likeness (QED) is 0.540. The Hall–Kier alpha value is -2.56. The highest BCUT2D eigenvalue weighted by atomic mass is 16.3. The second-order valence-electron chi connectivity index (χ2n) is 8.87. The van der Waals surface area contributed by atoms with Crippen LogP contribution in [0, 0.1) is 0 Å². The number of furan rings is 1. The molecule has 3 aromatic rings. The predicted molar refractivity (Wildman–Crippen MR) is 118 cm³/mol. The summed E-state index contributed by atoms with van der Waals surface area (Å²) in [7, 11) is 0. The number of hydrogen-bond donors (Lipinski definition) is 0. The molecule has 2 saturated carbocycles. The number of nitrogens with zero attached hydrogens (tertiary/aromatic N) is 3. The zero-order valence-corrected chi connectivity index (χ0v) is 17.6. The molecule has 0 spiro atoms. The minimum atomic E-state index is 0.241. The predicted octanol–water partition coefficient (Wildman–Crippen LogP) is 5.79. The Bertz CT molecular complexity index is 961. The van der Waals surface area contributed by atoms with Gasteiger partial charge in [-0.05, 0) is 49.9 Å². The van der Waals surface area contributed by atoms with Gasteiger partial charge in [-0.25, -0.2) is 4.98 Å². The Labute approximate surface area is 178 Å². The first-order valence-corrected chi connectivity index (χ1v) is 11.6. The molecule has 2 aliphatic carbocycles. The van der Waals surface area contributed by atoms with Gasteiger partial charge in [0.2, 0.25) is 5.91 Å². The van der Waals surface area contributed by atoms with E-state index in [-0.39, 0.29) is 5.91 Å². The fourth-order valence-corrected chi connectivity index (χ4v) is 5.47. The van der Waals surface area contributed by atoms with E-state index in [2.05, 4.69) is 9.47 Å². The van der Waals surface area contributed by atoms with Crippen LogP contribution in [-0.2, 0) is 11.3 Å². The van der Waals surface area contributed by atoms with Crippen LogP contribution in [0.1, 0.15) is 64.2 Å². The fourth-order valence-electron chi connectivity index (χ4n) is 5.47. The van der Waals surface area contributed by atoms with Crippen LogP contribution in [0.25, 0.3) is 22.6 Å². The lowest BCUT2D eigenvalue weighted by Gasteiger charge is -2.42. The van der Waals surface area contributed by atoms with Gasteiger partial charge in [0.15, 0.2) is 11.6 Å². The Kier molecular flexibility index (Phi) is 5.60. The van der Waals surface area contributed by atoms with Crippen molar-refractivity contribution in [3.05, 3.63) is 42.7 Å². The van der Waals surface area contributed by atoms with Gasteiger partial charge in [0, 0.05) is 12.1 Å². The van der Waals surface area contributed by atoms with Crippen LogP contribution < -0.4 is 0 Å². The first-order valence-electron chi connectivity index (χ1n) is 11.6. The van der Waals surface area contributed by atoms with Crippen LogP contribution in [0.5, 0.6) is 0 Å². The van der Waals surface area contributed by atoms with E-state index in [9.17, 15) is 4.79 Å². The SMILES string of the molecule is O=C(Cn1c(-c2ccco2)nc2ccccc21)N(C1CCCCC1)C1CCCCC1. The summed E-state index contributed by atoms with van der Waals surface area (Å²) in [6.45, 7) is 0.323. The van der Waals surface area contributed by atoms with Gasteiger partial charge in [0.25, 0.3) is 0 Å². The molecular formula is C25H31N3O2.